The third-order valence-electron chi connectivity index (χ3n) is 4.48. The van der Waals surface area contributed by atoms with E-state index in [1.165, 1.54) is 12.1 Å². The molecule has 0 aliphatic heterocycles. The fourth-order valence-electron chi connectivity index (χ4n) is 3.11. The van der Waals surface area contributed by atoms with Crippen molar-refractivity contribution in [1.82, 2.24) is 4.98 Å². The van der Waals surface area contributed by atoms with Crippen molar-refractivity contribution in [2.45, 2.75) is 0 Å². The summed E-state index contributed by atoms with van der Waals surface area (Å²) in [5, 5.41) is 3.96. The minimum Gasteiger partial charge on any atom is -0.454 e. The number of hydrogen-bond donors (Lipinski definition) is 0. The Kier molecular flexibility index (Phi) is 5.61. The maximum atomic E-state index is 13.2. The first-order valence-electron chi connectivity index (χ1n) is 8.98. The summed E-state index contributed by atoms with van der Waals surface area (Å²) in [5.74, 6) is 0.548. The highest BCUT2D eigenvalue weighted by Crippen LogP contribution is 2.33. The summed E-state index contributed by atoms with van der Waals surface area (Å²) >= 11 is 1.56. The zero-order valence-corrected chi connectivity index (χ0v) is 16.4. The number of fused-ring (bicyclic) bond motifs is 1. The highest BCUT2D eigenvalue weighted by atomic mass is 32.1. The fraction of sp³-hybridized carbons (Fsp3) is 0. The molecule has 146 valence electrons. The lowest BCUT2D eigenvalue weighted by Crippen LogP contribution is -1.82. The van der Waals surface area contributed by atoms with Crippen LogP contribution in [0.4, 0.5) is 4.39 Å². The van der Waals surface area contributed by atoms with Gasteiger partial charge in [0, 0.05) is 16.3 Å². The Labute approximate surface area is 175 Å². The zero-order valence-electron chi connectivity index (χ0n) is 15.5. The van der Waals surface area contributed by atoms with Gasteiger partial charge in [-0.1, -0.05) is 48.5 Å². The molecule has 4 nitrogen and oxygen atoms in total. The Morgan fingerprint density at radius 3 is 2.33 bits per heavy atom. The Balaban J connectivity index is 0.000000687. The van der Waals surface area contributed by atoms with E-state index in [0.717, 1.165) is 44.1 Å². The molecular weight excluding hydrogens is 401 g/mol. The van der Waals surface area contributed by atoms with Crippen molar-refractivity contribution in [2.24, 2.45) is 0 Å². The molecule has 0 bridgehead atoms. The van der Waals surface area contributed by atoms with Crippen LogP contribution < -0.4 is 0 Å². The van der Waals surface area contributed by atoms with Gasteiger partial charge < -0.3 is 4.42 Å². The van der Waals surface area contributed by atoms with Crippen LogP contribution in [0.5, 0.6) is 0 Å². The van der Waals surface area contributed by atoms with Crippen LogP contribution in [-0.4, -0.2) is 11.1 Å². The number of carbonyl (C=O) groups excluding carboxylic acids is 2. The first-order valence-corrected chi connectivity index (χ1v) is 9.86. The van der Waals surface area contributed by atoms with E-state index in [-0.39, 0.29) is 12.0 Å². The molecule has 2 aromatic heterocycles. The van der Waals surface area contributed by atoms with E-state index in [1.807, 2.05) is 53.9 Å². The van der Waals surface area contributed by atoms with Crippen molar-refractivity contribution in [3.63, 3.8) is 0 Å². The van der Waals surface area contributed by atoms with E-state index in [9.17, 15) is 4.39 Å². The van der Waals surface area contributed by atoms with Crippen LogP contribution in [0, 0.1) is 5.82 Å². The van der Waals surface area contributed by atoms with Gasteiger partial charge >= 0.3 is 6.15 Å². The Bertz CT molecular complexity index is 1300. The average molecular weight is 415 g/mol. The summed E-state index contributed by atoms with van der Waals surface area (Å²) < 4.78 is 19.1. The molecule has 0 saturated heterocycles. The van der Waals surface area contributed by atoms with Gasteiger partial charge in [-0.15, -0.1) is 11.3 Å². The number of aromatic nitrogens is 1. The van der Waals surface area contributed by atoms with Crippen LogP contribution in [0.15, 0.2) is 88.7 Å². The molecule has 0 N–H and O–H groups in total. The number of halogens is 1. The zero-order chi connectivity index (χ0) is 20.9. The van der Waals surface area contributed by atoms with E-state index in [4.69, 9.17) is 19.0 Å². The molecular formula is C24H14FNO3S. The van der Waals surface area contributed by atoms with E-state index >= 15 is 0 Å². The molecule has 2 heterocycles. The predicted molar refractivity (Wildman–Crippen MR) is 113 cm³/mol. The monoisotopic (exact) mass is 415 g/mol. The summed E-state index contributed by atoms with van der Waals surface area (Å²) in [6, 6.07) is 24.6. The second-order valence-corrected chi connectivity index (χ2v) is 7.22. The summed E-state index contributed by atoms with van der Waals surface area (Å²) in [6.07, 6.45) is 0.250. The largest absolute Gasteiger partial charge is 0.454 e. The molecule has 0 spiro atoms. The first-order chi connectivity index (χ1) is 14.7. The number of para-hydroxylation sites is 1. The second-order valence-electron chi connectivity index (χ2n) is 6.36. The van der Waals surface area contributed by atoms with Gasteiger partial charge in [-0.05, 0) is 41.5 Å². The highest BCUT2D eigenvalue weighted by molar-refractivity contribution is 7.13. The van der Waals surface area contributed by atoms with Crippen LogP contribution in [0.2, 0.25) is 0 Å². The molecule has 3 aromatic carbocycles. The molecule has 0 radical (unpaired) electrons. The van der Waals surface area contributed by atoms with Gasteiger partial charge in [0.1, 0.15) is 11.4 Å². The molecule has 0 unspecified atom stereocenters. The van der Waals surface area contributed by atoms with Gasteiger partial charge in [0.25, 0.3) is 0 Å². The molecule has 5 rings (SSSR count). The number of nitrogens with zero attached hydrogens (tertiary/aromatic N) is 1. The molecule has 30 heavy (non-hydrogen) atoms. The fourth-order valence-corrected chi connectivity index (χ4v) is 3.89. The number of benzene rings is 3. The predicted octanol–water partition coefficient (Wildman–Crippen LogP) is 6.45. The molecule has 5 aromatic rings. The number of rotatable bonds is 3. The van der Waals surface area contributed by atoms with Crippen molar-refractivity contribution in [2.75, 3.05) is 0 Å². The van der Waals surface area contributed by atoms with E-state index in [0.29, 0.717) is 0 Å². The third-order valence-corrected chi connectivity index (χ3v) is 5.33. The molecule has 0 saturated carbocycles. The standard InChI is InChI=1S/C23H14FNOS.CO2/c24-19-10-8-15(9-11-19)16-5-3-6-17(12-16)20-14-27-23(25-20)22-13-18-4-1-2-7-21(18)26-22;2-1-3/h1-14H;. The lowest BCUT2D eigenvalue weighted by molar-refractivity contribution is -0.191. The molecule has 0 aliphatic rings. The Hall–Kier alpha value is -3.86. The van der Waals surface area contributed by atoms with Crippen LogP contribution in [-0.2, 0) is 9.59 Å². The first kappa shape index (κ1) is 19.5. The quantitative estimate of drug-likeness (QED) is 0.340. The minimum absolute atomic E-state index is 0.232. The molecule has 6 heteroatoms. The Morgan fingerprint density at radius 2 is 1.57 bits per heavy atom. The summed E-state index contributed by atoms with van der Waals surface area (Å²) in [4.78, 5) is 21.0. The average Bonchev–Trinajstić information content (AvgIpc) is 3.42. The lowest BCUT2D eigenvalue weighted by atomic mass is 10.0. The van der Waals surface area contributed by atoms with Gasteiger partial charge in [-0.25, -0.2) is 9.37 Å². The van der Waals surface area contributed by atoms with Crippen LogP contribution in [0.3, 0.4) is 0 Å². The molecule has 0 aliphatic carbocycles. The van der Waals surface area contributed by atoms with Gasteiger partial charge in [-0.3, -0.25) is 0 Å². The number of thiazole rings is 1. The summed E-state index contributed by atoms with van der Waals surface area (Å²) in [6.45, 7) is 0. The Morgan fingerprint density at radius 1 is 0.833 bits per heavy atom. The van der Waals surface area contributed by atoms with Crippen molar-refractivity contribution < 1.29 is 18.4 Å². The summed E-state index contributed by atoms with van der Waals surface area (Å²) in [5.41, 5.74) is 4.80. The second kappa shape index (κ2) is 8.66. The molecule has 0 atom stereocenters. The normalized spacial score (nSPS) is 10.3. The third kappa shape index (κ3) is 4.10. The van der Waals surface area contributed by atoms with Gasteiger partial charge in [0.05, 0.1) is 5.69 Å². The topological polar surface area (TPSA) is 60.2 Å². The lowest BCUT2D eigenvalue weighted by Gasteiger charge is -2.04. The maximum absolute atomic E-state index is 13.2. The van der Waals surface area contributed by atoms with Crippen LogP contribution in [0.1, 0.15) is 0 Å². The smallest absolute Gasteiger partial charge is 0.373 e. The highest BCUT2D eigenvalue weighted by Gasteiger charge is 2.12. The molecule has 0 fully saturated rings. The van der Waals surface area contributed by atoms with E-state index < -0.39 is 0 Å². The minimum atomic E-state index is -0.232. The van der Waals surface area contributed by atoms with Gasteiger partial charge in [0.2, 0.25) is 0 Å². The number of hydrogen-bond acceptors (Lipinski definition) is 5. The van der Waals surface area contributed by atoms with Crippen LogP contribution in [0.25, 0.3) is 44.1 Å². The van der Waals surface area contributed by atoms with Crippen molar-refractivity contribution >= 4 is 28.5 Å². The van der Waals surface area contributed by atoms with E-state index in [1.54, 1.807) is 23.5 Å². The number of furan rings is 1. The van der Waals surface area contributed by atoms with Gasteiger partial charge in [0.15, 0.2) is 10.8 Å². The summed E-state index contributed by atoms with van der Waals surface area (Å²) in [7, 11) is 0. The van der Waals surface area contributed by atoms with E-state index in [2.05, 4.69) is 6.07 Å². The van der Waals surface area contributed by atoms with Crippen molar-refractivity contribution in [1.29, 1.82) is 0 Å². The van der Waals surface area contributed by atoms with Crippen molar-refractivity contribution in [3.8, 4) is 33.2 Å². The SMILES string of the molecule is Fc1ccc(-c2cccc(-c3csc(-c4cc5ccccc5o4)n3)c2)cc1.O=C=O. The van der Waals surface area contributed by atoms with Gasteiger partial charge in [-0.2, -0.15) is 9.59 Å². The molecule has 0 amide bonds. The maximum Gasteiger partial charge on any atom is 0.373 e. The van der Waals surface area contributed by atoms with Crippen LogP contribution >= 0.6 is 11.3 Å². The van der Waals surface area contributed by atoms with Crippen molar-refractivity contribution in [3.05, 3.63) is 90.1 Å².